The molecule has 6 heteroatoms. The summed E-state index contributed by atoms with van der Waals surface area (Å²) in [5.74, 6) is -1.34. The zero-order valence-electron chi connectivity index (χ0n) is 10.1. The fourth-order valence-electron chi connectivity index (χ4n) is 1.41. The SMILES string of the molecule is CCNC(=O)CNCc1ccc(C(N)=O)cc1F. The molecule has 0 heterocycles. The highest BCUT2D eigenvalue weighted by Gasteiger charge is 2.07. The minimum atomic E-state index is -0.671. The summed E-state index contributed by atoms with van der Waals surface area (Å²) in [5, 5.41) is 5.42. The van der Waals surface area contributed by atoms with Gasteiger partial charge in [-0.05, 0) is 19.1 Å². The maximum absolute atomic E-state index is 13.5. The number of carbonyl (C=O) groups is 2. The first-order chi connectivity index (χ1) is 8.54. The fraction of sp³-hybridized carbons (Fsp3) is 0.333. The average Bonchev–Trinajstić information content (AvgIpc) is 2.31. The Morgan fingerprint density at radius 3 is 2.67 bits per heavy atom. The summed E-state index contributed by atoms with van der Waals surface area (Å²) in [5.41, 5.74) is 5.54. The van der Waals surface area contributed by atoms with Gasteiger partial charge in [-0.1, -0.05) is 6.07 Å². The first kappa shape index (κ1) is 14.1. The van der Waals surface area contributed by atoms with Crippen LogP contribution in [-0.2, 0) is 11.3 Å². The van der Waals surface area contributed by atoms with Gasteiger partial charge in [0.05, 0.1) is 6.54 Å². The van der Waals surface area contributed by atoms with E-state index in [9.17, 15) is 14.0 Å². The molecule has 4 N–H and O–H groups in total. The Bertz CT molecular complexity index is 449. The summed E-state index contributed by atoms with van der Waals surface area (Å²) >= 11 is 0. The lowest BCUT2D eigenvalue weighted by molar-refractivity contribution is -0.120. The number of hydrogen-bond donors (Lipinski definition) is 3. The predicted molar refractivity (Wildman–Crippen MR) is 65.3 cm³/mol. The van der Waals surface area contributed by atoms with Crippen molar-refractivity contribution in [2.45, 2.75) is 13.5 Å². The molecule has 0 aliphatic heterocycles. The molecule has 0 aliphatic rings. The maximum Gasteiger partial charge on any atom is 0.248 e. The van der Waals surface area contributed by atoms with E-state index >= 15 is 0 Å². The second kappa shape index (κ2) is 6.70. The Hall–Kier alpha value is -1.95. The third-order valence-electron chi connectivity index (χ3n) is 2.31. The Kier molecular flexibility index (Phi) is 5.26. The van der Waals surface area contributed by atoms with E-state index in [1.54, 1.807) is 0 Å². The van der Waals surface area contributed by atoms with Crippen molar-refractivity contribution in [1.29, 1.82) is 0 Å². The van der Waals surface area contributed by atoms with E-state index in [4.69, 9.17) is 5.73 Å². The van der Waals surface area contributed by atoms with Gasteiger partial charge in [-0.25, -0.2) is 4.39 Å². The minimum absolute atomic E-state index is 0.116. The van der Waals surface area contributed by atoms with Crippen LogP contribution in [0.2, 0.25) is 0 Å². The summed E-state index contributed by atoms with van der Waals surface area (Å²) in [6.07, 6.45) is 0. The van der Waals surface area contributed by atoms with Gasteiger partial charge in [0.15, 0.2) is 0 Å². The van der Waals surface area contributed by atoms with E-state index in [0.717, 1.165) is 6.07 Å². The highest BCUT2D eigenvalue weighted by atomic mass is 19.1. The van der Waals surface area contributed by atoms with E-state index in [0.29, 0.717) is 12.1 Å². The van der Waals surface area contributed by atoms with Crippen molar-refractivity contribution in [3.8, 4) is 0 Å². The quantitative estimate of drug-likeness (QED) is 0.674. The number of halogens is 1. The van der Waals surface area contributed by atoms with Crippen LogP contribution in [-0.4, -0.2) is 24.9 Å². The number of nitrogens with one attached hydrogen (secondary N) is 2. The van der Waals surface area contributed by atoms with E-state index in [-0.39, 0.29) is 24.6 Å². The maximum atomic E-state index is 13.5. The van der Waals surface area contributed by atoms with Crippen LogP contribution in [0.25, 0.3) is 0 Å². The Balaban J connectivity index is 2.53. The number of benzene rings is 1. The molecule has 0 spiro atoms. The molecule has 1 aromatic carbocycles. The minimum Gasteiger partial charge on any atom is -0.366 e. The smallest absolute Gasteiger partial charge is 0.248 e. The molecule has 0 bridgehead atoms. The molecule has 18 heavy (non-hydrogen) atoms. The number of likely N-dealkylation sites (N-methyl/N-ethyl adjacent to an activating group) is 1. The Morgan fingerprint density at radius 1 is 1.39 bits per heavy atom. The molecular formula is C12H16FN3O2. The van der Waals surface area contributed by atoms with Gasteiger partial charge in [-0.15, -0.1) is 0 Å². The number of hydrogen-bond acceptors (Lipinski definition) is 3. The zero-order valence-corrected chi connectivity index (χ0v) is 10.1. The van der Waals surface area contributed by atoms with Gasteiger partial charge in [0, 0.05) is 24.2 Å². The van der Waals surface area contributed by atoms with Gasteiger partial charge in [-0.2, -0.15) is 0 Å². The molecule has 0 aromatic heterocycles. The lowest BCUT2D eigenvalue weighted by atomic mass is 10.1. The second-order valence-electron chi connectivity index (χ2n) is 3.73. The van der Waals surface area contributed by atoms with Crippen LogP contribution in [0.3, 0.4) is 0 Å². The molecule has 0 atom stereocenters. The molecular weight excluding hydrogens is 237 g/mol. The van der Waals surface area contributed by atoms with Gasteiger partial charge in [0.2, 0.25) is 11.8 Å². The lowest BCUT2D eigenvalue weighted by Crippen LogP contribution is -2.33. The molecule has 0 radical (unpaired) electrons. The van der Waals surface area contributed by atoms with E-state index in [2.05, 4.69) is 10.6 Å². The van der Waals surface area contributed by atoms with Crippen LogP contribution in [0, 0.1) is 5.82 Å². The van der Waals surface area contributed by atoms with Gasteiger partial charge >= 0.3 is 0 Å². The van der Waals surface area contributed by atoms with Gasteiger partial charge in [-0.3, -0.25) is 9.59 Å². The summed E-state index contributed by atoms with van der Waals surface area (Å²) in [6.45, 7) is 2.70. The molecule has 5 nitrogen and oxygen atoms in total. The topological polar surface area (TPSA) is 84.2 Å². The fourth-order valence-corrected chi connectivity index (χ4v) is 1.41. The molecule has 0 saturated carbocycles. The predicted octanol–water partition coefficient (Wildman–Crippen LogP) is 0.150. The third-order valence-corrected chi connectivity index (χ3v) is 2.31. The number of rotatable bonds is 6. The van der Waals surface area contributed by atoms with Crippen LogP contribution in [0.4, 0.5) is 4.39 Å². The number of amides is 2. The molecule has 0 unspecified atom stereocenters. The summed E-state index contributed by atoms with van der Waals surface area (Å²) in [6, 6.07) is 4.01. The zero-order chi connectivity index (χ0) is 13.5. The van der Waals surface area contributed by atoms with Crippen LogP contribution in [0.5, 0.6) is 0 Å². The second-order valence-corrected chi connectivity index (χ2v) is 3.73. The van der Waals surface area contributed by atoms with Crippen LogP contribution >= 0.6 is 0 Å². The normalized spacial score (nSPS) is 10.1. The highest BCUT2D eigenvalue weighted by molar-refractivity contribution is 5.92. The van der Waals surface area contributed by atoms with Crippen molar-refractivity contribution >= 4 is 11.8 Å². The van der Waals surface area contributed by atoms with Gasteiger partial charge in [0.1, 0.15) is 5.82 Å². The first-order valence-corrected chi connectivity index (χ1v) is 5.60. The number of nitrogens with two attached hydrogens (primary N) is 1. The summed E-state index contributed by atoms with van der Waals surface area (Å²) in [4.78, 5) is 22.0. The van der Waals surface area contributed by atoms with Crippen molar-refractivity contribution < 1.29 is 14.0 Å². The Labute approximate surface area is 105 Å². The molecule has 98 valence electrons. The van der Waals surface area contributed by atoms with E-state index in [1.165, 1.54) is 12.1 Å². The lowest BCUT2D eigenvalue weighted by Gasteiger charge is -2.07. The van der Waals surface area contributed by atoms with Crippen LogP contribution in [0.1, 0.15) is 22.8 Å². The largest absolute Gasteiger partial charge is 0.366 e. The van der Waals surface area contributed by atoms with Crippen LogP contribution in [0.15, 0.2) is 18.2 Å². The van der Waals surface area contributed by atoms with Gasteiger partial charge in [0.25, 0.3) is 0 Å². The third kappa shape index (κ3) is 4.14. The molecule has 0 saturated heterocycles. The molecule has 1 aromatic rings. The number of primary amides is 1. The van der Waals surface area contributed by atoms with Crippen molar-refractivity contribution in [2.24, 2.45) is 5.73 Å². The van der Waals surface area contributed by atoms with Crippen molar-refractivity contribution in [3.05, 3.63) is 35.1 Å². The van der Waals surface area contributed by atoms with Crippen molar-refractivity contribution in [3.63, 3.8) is 0 Å². The van der Waals surface area contributed by atoms with Crippen LogP contribution < -0.4 is 16.4 Å². The van der Waals surface area contributed by atoms with Crippen molar-refractivity contribution in [1.82, 2.24) is 10.6 Å². The average molecular weight is 253 g/mol. The molecule has 0 fully saturated rings. The molecule has 0 aliphatic carbocycles. The van der Waals surface area contributed by atoms with Gasteiger partial charge < -0.3 is 16.4 Å². The molecule has 1 rings (SSSR count). The number of carbonyl (C=O) groups excluding carboxylic acids is 2. The molecule has 2 amide bonds. The Morgan fingerprint density at radius 2 is 2.11 bits per heavy atom. The first-order valence-electron chi connectivity index (χ1n) is 5.60. The van der Waals surface area contributed by atoms with E-state index < -0.39 is 11.7 Å². The monoisotopic (exact) mass is 253 g/mol. The highest BCUT2D eigenvalue weighted by Crippen LogP contribution is 2.09. The summed E-state index contributed by atoms with van der Waals surface area (Å²) < 4.78 is 13.5. The summed E-state index contributed by atoms with van der Waals surface area (Å²) in [7, 11) is 0. The standard InChI is InChI=1S/C12H16FN3O2/c1-2-16-11(17)7-15-6-9-4-3-8(12(14)18)5-10(9)13/h3-5,15H,2,6-7H2,1H3,(H2,14,18)(H,16,17). The van der Waals surface area contributed by atoms with Crippen molar-refractivity contribution in [2.75, 3.05) is 13.1 Å². The van der Waals surface area contributed by atoms with E-state index in [1.807, 2.05) is 6.92 Å².